The Morgan fingerprint density at radius 1 is 1.06 bits per heavy atom. The molecule has 0 fully saturated rings. The van der Waals surface area contributed by atoms with Gasteiger partial charge in [-0.25, -0.2) is 4.79 Å². The molecule has 4 heteroatoms. The minimum Gasteiger partial charge on any atom is -0.465 e. The van der Waals surface area contributed by atoms with E-state index < -0.39 is 6.09 Å². The molecule has 4 nitrogen and oxygen atoms in total. The second-order valence-electron chi connectivity index (χ2n) is 3.59. The Balaban J connectivity index is 2.30. The number of nitrogens with one attached hydrogen (secondary N) is 1. The molecule has 2 aromatic carbocycles. The molecule has 0 spiro atoms. The second-order valence-corrected chi connectivity index (χ2v) is 3.59. The van der Waals surface area contributed by atoms with Gasteiger partial charge >= 0.3 is 6.09 Å². The lowest BCUT2D eigenvalue weighted by Crippen LogP contribution is -2.06. The van der Waals surface area contributed by atoms with Gasteiger partial charge in [0.2, 0.25) is 0 Å². The quantitative estimate of drug-likeness (QED) is 0.691. The van der Waals surface area contributed by atoms with E-state index in [0.29, 0.717) is 11.4 Å². The van der Waals surface area contributed by atoms with Crippen molar-refractivity contribution in [1.82, 2.24) is 0 Å². The molecule has 0 bridgehead atoms. The predicted molar refractivity (Wildman–Crippen MR) is 67.9 cm³/mol. The van der Waals surface area contributed by atoms with E-state index in [2.05, 4.69) is 5.32 Å². The Kier molecular flexibility index (Phi) is 2.96. The molecular formula is C13H12N2O2. The molecule has 86 valence electrons. The lowest BCUT2D eigenvalue weighted by atomic mass is 10.0. The molecule has 17 heavy (non-hydrogen) atoms. The Bertz CT molecular complexity index is 535. The molecule has 0 saturated heterocycles. The number of benzene rings is 2. The second kappa shape index (κ2) is 4.57. The molecule has 0 aromatic heterocycles. The number of carboxylic acid groups (broad SMARTS) is 1. The summed E-state index contributed by atoms with van der Waals surface area (Å²) in [6.45, 7) is 0. The number of rotatable bonds is 2. The summed E-state index contributed by atoms with van der Waals surface area (Å²) in [5.74, 6) is 0. The molecule has 1 amide bonds. The third kappa shape index (κ3) is 2.55. The van der Waals surface area contributed by atoms with Gasteiger partial charge in [0.1, 0.15) is 0 Å². The largest absolute Gasteiger partial charge is 0.465 e. The first-order chi connectivity index (χ1) is 8.16. The summed E-state index contributed by atoms with van der Waals surface area (Å²) < 4.78 is 0. The van der Waals surface area contributed by atoms with E-state index in [-0.39, 0.29) is 0 Å². The molecule has 0 atom stereocenters. The summed E-state index contributed by atoms with van der Waals surface area (Å²) in [6, 6.07) is 14.6. The number of nitrogens with two attached hydrogens (primary N) is 1. The Labute approximate surface area is 98.7 Å². The van der Waals surface area contributed by atoms with Crippen LogP contribution in [0.15, 0.2) is 48.5 Å². The zero-order valence-electron chi connectivity index (χ0n) is 9.05. The normalized spacial score (nSPS) is 9.88. The molecular weight excluding hydrogens is 216 g/mol. The maximum Gasteiger partial charge on any atom is 0.409 e. The van der Waals surface area contributed by atoms with Crippen molar-refractivity contribution in [3.63, 3.8) is 0 Å². The van der Waals surface area contributed by atoms with Crippen molar-refractivity contribution in [2.45, 2.75) is 0 Å². The number of hydrogen-bond acceptors (Lipinski definition) is 2. The number of nitrogen functional groups attached to an aromatic ring is 1. The summed E-state index contributed by atoms with van der Waals surface area (Å²) in [7, 11) is 0. The van der Waals surface area contributed by atoms with E-state index in [1.54, 1.807) is 12.1 Å². The van der Waals surface area contributed by atoms with E-state index >= 15 is 0 Å². The zero-order chi connectivity index (χ0) is 12.3. The van der Waals surface area contributed by atoms with Gasteiger partial charge in [0, 0.05) is 16.9 Å². The molecule has 4 N–H and O–H groups in total. The van der Waals surface area contributed by atoms with Gasteiger partial charge in [-0.05, 0) is 23.8 Å². The van der Waals surface area contributed by atoms with Gasteiger partial charge in [-0.1, -0.05) is 30.3 Å². The summed E-state index contributed by atoms with van der Waals surface area (Å²) in [5.41, 5.74) is 9.00. The summed E-state index contributed by atoms with van der Waals surface area (Å²) in [6.07, 6.45) is -1.07. The standard InChI is InChI=1S/C13H12N2O2/c14-12-4-2-1-3-11(12)9-5-7-10(8-6-9)15-13(16)17/h1-8,15H,14H2,(H,16,17). The average Bonchev–Trinajstić information content (AvgIpc) is 2.30. The van der Waals surface area contributed by atoms with Gasteiger partial charge in [-0.15, -0.1) is 0 Å². The fourth-order valence-electron chi connectivity index (χ4n) is 1.62. The third-order valence-electron chi connectivity index (χ3n) is 2.41. The van der Waals surface area contributed by atoms with Crippen LogP contribution in [-0.4, -0.2) is 11.2 Å². The SMILES string of the molecule is Nc1ccccc1-c1ccc(NC(=O)O)cc1. The van der Waals surface area contributed by atoms with Crippen molar-refractivity contribution in [2.75, 3.05) is 11.1 Å². The molecule has 0 radical (unpaired) electrons. The fourth-order valence-corrected chi connectivity index (χ4v) is 1.62. The van der Waals surface area contributed by atoms with Crippen LogP contribution in [0.4, 0.5) is 16.2 Å². The first-order valence-corrected chi connectivity index (χ1v) is 5.12. The van der Waals surface area contributed by atoms with E-state index in [9.17, 15) is 4.79 Å². The highest BCUT2D eigenvalue weighted by atomic mass is 16.4. The number of amides is 1. The molecule has 2 rings (SSSR count). The van der Waals surface area contributed by atoms with Crippen molar-refractivity contribution in [1.29, 1.82) is 0 Å². The minimum absolute atomic E-state index is 0.538. The molecule has 0 aliphatic rings. The van der Waals surface area contributed by atoms with Crippen LogP contribution >= 0.6 is 0 Å². The highest BCUT2D eigenvalue weighted by Crippen LogP contribution is 2.26. The molecule has 0 saturated carbocycles. The van der Waals surface area contributed by atoms with Crippen molar-refractivity contribution in [2.24, 2.45) is 0 Å². The maximum absolute atomic E-state index is 10.4. The van der Waals surface area contributed by atoms with Gasteiger partial charge in [0.15, 0.2) is 0 Å². The van der Waals surface area contributed by atoms with Crippen LogP contribution in [0, 0.1) is 0 Å². The monoisotopic (exact) mass is 228 g/mol. The average molecular weight is 228 g/mol. The Morgan fingerprint density at radius 3 is 2.29 bits per heavy atom. The number of para-hydroxylation sites is 1. The van der Waals surface area contributed by atoms with E-state index in [0.717, 1.165) is 11.1 Å². The summed E-state index contributed by atoms with van der Waals surface area (Å²) in [5, 5.41) is 10.8. The van der Waals surface area contributed by atoms with E-state index in [4.69, 9.17) is 10.8 Å². The Morgan fingerprint density at radius 2 is 1.71 bits per heavy atom. The minimum atomic E-state index is -1.07. The van der Waals surface area contributed by atoms with Crippen molar-refractivity contribution in [3.05, 3.63) is 48.5 Å². The third-order valence-corrected chi connectivity index (χ3v) is 2.41. The number of carbonyl (C=O) groups is 1. The highest BCUT2D eigenvalue weighted by Gasteiger charge is 2.02. The predicted octanol–water partition coefficient (Wildman–Crippen LogP) is 3.03. The molecule has 2 aromatic rings. The summed E-state index contributed by atoms with van der Waals surface area (Å²) >= 11 is 0. The Hall–Kier alpha value is -2.49. The molecule has 0 unspecified atom stereocenters. The van der Waals surface area contributed by atoms with E-state index in [1.807, 2.05) is 36.4 Å². The molecule has 0 aliphatic carbocycles. The van der Waals surface area contributed by atoms with Crippen LogP contribution in [-0.2, 0) is 0 Å². The lowest BCUT2D eigenvalue weighted by Gasteiger charge is -2.06. The number of anilines is 2. The zero-order valence-corrected chi connectivity index (χ0v) is 9.05. The van der Waals surface area contributed by atoms with Gasteiger partial charge in [-0.3, -0.25) is 5.32 Å². The van der Waals surface area contributed by atoms with Gasteiger partial charge in [0.25, 0.3) is 0 Å². The summed E-state index contributed by atoms with van der Waals surface area (Å²) in [4.78, 5) is 10.4. The number of hydrogen-bond donors (Lipinski definition) is 3. The van der Waals surface area contributed by atoms with Gasteiger partial charge in [0.05, 0.1) is 0 Å². The van der Waals surface area contributed by atoms with Crippen LogP contribution in [0.1, 0.15) is 0 Å². The lowest BCUT2D eigenvalue weighted by molar-refractivity contribution is 0.210. The van der Waals surface area contributed by atoms with Crippen molar-refractivity contribution in [3.8, 4) is 11.1 Å². The van der Waals surface area contributed by atoms with Crippen LogP contribution in [0.2, 0.25) is 0 Å². The molecule has 0 heterocycles. The van der Waals surface area contributed by atoms with Gasteiger partial charge in [-0.2, -0.15) is 0 Å². The van der Waals surface area contributed by atoms with Crippen LogP contribution in [0.3, 0.4) is 0 Å². The first-order valence-electron chi connectivity index (χ1n) is 5.12. The molecule has 0 aliphatic heterocycles. The van der Waals surface area contributed by atoms with E-state index in [1.165, 1.54) is 0 Å². The topological polar surface area (TPSA) is 75.3 Å². The first kappa shape index (κ1) is 11.0. The smallest absolute Gasteiger partial charge is 0.409 e. The van der Waals surface area contributed by atoms with Crippen molar-refractivity contribution < 1.29 is 9.90 Å². The highest BCUT2D eigenvalue weighted by molar-refractivity contribution is 5.84. The maximum atomic E-state index is 10.4. The van der Waals surface area contributed by atoms with Crippen LogP contribution < -0.4 is 11.1 Å². The fraction of sp³-hybridized carbons (Fsp3) is 0. The van der Waals surface area contributed by atoms with Crippen molar-refractivity contribution >= 4 is 17.5 Å². The van der Waals surface area contributed by atoms with Crippen LogP contribution in [0.25, 0.3) is 11.1 Å². The van der Waals surface area contributed by atoms with Gasteiger partial charge < -0.3 is 10.8 Å². The van der Waals surface area contributed by atoms with Crippen LogP contribution in [0.5, 0.6) is 0 Å².